The third kappa shape index (κ3) is 6.29. The molecule has 2 aromatic carbocycles. The van der Waals surface area contributed by atoms with Gasteiger partial charge in [-0.3, -0.25) is 4.79 Å². The number of halogens is 3. The molecular weight excluding hydrogens is 530 g/mol. The second-order valence-electron chi connectivity index (χ2n) is 8.38. The number of ether oxygens (including phenoxy) is 3. The summed E-state index contributed by atoms with van der Waals surface area (Å²) in [5, 5.41) is 4.63. The smallest absolute Gasteiger partial charge is 0.152 e. The number of anilines is 1. The number of nitrogens with zero attached hydrogens (tertiary/aromatic N) is 1. The van der Waals surface area contributed by atoms with Crippen LogP contribution in [0.2, 0.25) is 10.0 Å². The average Bonchev–Trinajstić information content (AvgIpc) is 2.91. The molecule has 0 saturated heterocycles. The molecule has 200 valence electrons. The Balaban J connectivity index is 0.000000732. The van der Waals surface area contributed by atoms with Crippen LogP contribution in [-0.4, -0.2) is 32.1 Å². The van der Waals surface area contributed by atoms with Crippen LogP contribution in [0.1, 0.15) is 26.7 Å². The summed E-state index contributed by atoms with van der Waals surface area (Å²) in [5.41, 5.74) is 3.22. The number of hydrogen-bond donors (Lipinski definition) is 1. The first-order valence-corrected chi connectivity index (χ1v) is 12.5. The number of allylic oxidation sites excluding steroid dienone is 4. The standard InChI is InChI=1S/C25H23Cl2FN2O3.C4H6O/c1-13-6-5-7-16(28)24(13)29-20-9-8-14-10-15(11-19(33-4)25(14)30-20)21-22(26)17(31-2)12-18(32-3)23(21)27;1-3-4(2)5/h6,8-12H,5,7H2,1-4H3,(H,29,30);3H,1H2,2H3. The Labute approximate surface area is 231 Å². The minimum atomic E-state index is -0.171. The highest BCUT2D eigenvalue weighted by molar-refractivity contribution is 6.41. The van der Waals surface area contributed by atoms with Crippen LogP contribution >= 0.6 is 23.2 Å². The van der Waals surface area contributed by atoms with Gasteiger partial charge < -0.3 is 19.5 Å². The van der Waals surface area contributed by atoms with Gasteiger partial charge in [0.15, 0.2) is 5.78 Å². The third-order valence-electron chi connectivity index (χ3n) is 5.86. The number of rotatable bonds is 7. The number of hydrogen-bond acceptors (Lipinski definition) is 6. The molecule has 1 aliphatic carbocycles. The van der Waals surface area contributed by atoms with Crippen molar-refractivity contribution >= 4 is 45.7 Å². The molecule has 0 atom stereocenters. The number of benzene rings is 2. The number of carbonyl (C=O) groups excluding carboxylic acids is 1. The van der Waals surface area contributed by atoms with Crippen molar-refractivity contribution in [1.29, 1.82) is 0 Å². The van der Waals surface area contributed by atoms with E-state index in [1.807, 2.05) is 25.1 Å². The predicted octanol–water partition coefficient (Wildman–Crippen LogP) is 8.33. The fourth-order valence-electron chi connectivity index (χ4n) is 3.86. The van der Waals surface area contributed by atoms with E-state index in [-0.39, 0.29) is 11.6 Å². The molecule has 1 heterocycles. The molecule has 0 saturated carbocycles. The molecule has 3 aromatic rings. The highest BCUT2D eigenvalue weighted by Gasteiger charge is 2.21. The van der Waals surface area contributed by atoms with Crippen LogP contribution in [-0.2, 0) is 4.79 Å². The van der Waals surface area contributed by atoms with Gasteiger partial charge in [-0.15, -0.1) is 0 Å². The van der Waals surface area contributed by atoms with Crippen LogP contribution in [0.25, 0.3) is 22.0 Å². The van der Waals surface area contributed by atoms with Crippen LogP contribution < -0.4 is 19.5 Å². The number of fused-ring (bicyclic) bond motifs is 1. The minimum Gasteiger partial charge on any atom is -0.495 e. The Hall–Kier alpha value is -3.55. The van der Waals surface area contributed by atoms with E-state index in [2.05, 4.69) is 16.9 Å². The first-order valence-electron chi connectivity index (χ1n) is 11.7. The molecule has 0 bridgehead atoms. The van der Waals surface area contributed by atoms with Gasteiger partial charge in [0.25, 0.3) is 0 Å². The lowest BCUT2D eigenvalue weighted by atomic mass is 10.0. The van der Waals surface area contributed by atoms with Crippen molar-refractivity contribution < 1.29 is 23.4 Å². The van der Waals surface area contributed by atoms with Crippen molar-refractivity contribution in [3.05, 3.63) is 76.2 Å². The maximum atomic E-state index is 14.4. The summed E-state index contributed by atoms with van der Waals surface area (Å²) >= 11 is 13.2. The van der Waals surface area contributed by atoms with Gasteiger partial charge in [0, 0.05) is 23.4 Å². The first-order chi connectivity index (χ1) is 18.1. The molecule has 0 spiro atoms. The van der Waals surface area contributed by atoms with E-state index in [1.54, 1.807) is 25.3 Å². The molecular formula is C29H29Cl2FN2O4. The molecule has 6 nitrogen and oxygen atoms in total. The largest absolute Gasteiger partial charge is 0.495 e. The molecule has 9 heteroatoms. The van der Waals surface area contributed by atoms with Gasteiger partial charge in [0.2, 0.25) is 0 Å². The predicted molar refractivity (Wildman–Crippen MR) is 152 cm³/mol. The van der Waals surface area contributed by atoms with Crippen molar-refractivity contribution in [1.82, 2.24) is 4.98 Å². The van der Waals surface area contributed by atoms with E-state index in [4.69, 9.17) is 37.4 Å². The second-order valence-corrected chi connectivity index (χ2v) is 9.13. The molecule has 1 N–H and O–H groups in total. The molecule has 0 unspecified atom stereocenters. The van der Waals surface area contributed by atoms with Gasteiger partial charge in [0.05, 0.1) is 37.1 Å². The summed E-state index contributed by atoms with van der Waals surface area (Å²) in [6.07, 6.45) is 4.37. The van der Waals surface area contributed by atoms with Gasteiger partial charge >= 0.3 is 0 Å². The van der Waals surface area contributed by atoms with E-state index >= 15 is 0 Å². The van der Waals surface area contributed by atoms with Gasteiger partial charge in [-0.25, -0.2) is 9.37 Å². The van der Waals surface area contributed by atoms with E-state index in [1.165, 1.54) is 27.2 Å². The molecule has 4 rings (SSSR count). The summed E-state index contributed by atoms with van der Waals surface area (Å²) in [6.45, 7) is 6.56. The van der Waals surface area contributed by atoms with E-state index in [0.29, 0.717) is 68.3 Å². The molecule has 0 amide bonds. The van der Waals surface area contributed by atoms with E-state index in [0.717, 1.165) is 11.0 Å². The highest BCUT2D eigenvalue weighted by atomic mass is 35.5. The quantitative estimate of drug-likeness (QED) is 0.294. The van der Waals surface area contributed by atoms with Crippen LogP contribution in [0, 0.1) is 0 Å². The number of aromatic nitrogens is 1. The third-order valence-corrected chi connectivity index (χ3v) is 6.61. The van der Waals surface area contributed by atoms with Gasteiger partial charge in [-0.05, 0) is 61.7 Å². The fourth-order valence-corrected chi connectivity index (χ4v) is 4.58. The average molecular weight is 559 g/mol. The molecule has 38 heavy (non-hydrogen) atoms. The fraction of sp³-hybridized carbons (Fsp3) is 0.241. The van der Waals surface area contributed by atoms with Gasteiger partial charge in [0.1, 0.15) is 34.4 Å². The van der Waals surface area contributed by atoms with Crippen molar-refractivity contribution in [2.45, 2.75) is 26.7 Å². The van der Waals surface area contributed by atoms with Crippen LogP contribution in [0.3, 0.4) is 0 Å². The zero-order valence-corrected chi connectivity index (χ0v) is 23.4. The summed E-state index contributed by atoms with van der Waals surface area (Å²) in [5.74, 6) is 1.77. The maximum absolute atomic E-state index is 14.4. The zero-order chi connectivity index (χ0) is 28.0. The number of carbonyl (C=O) groups is 1. The molecule has 0 aliphatic heterocycles. The summed E-state index contributed by atoms with van der Waals surface area (Å²) < 4.78 is 30.8. The van der Waals surface area contributed by atoms with Crippen molar-refractivity contribution in [3.8, 4) is 28.4 Å². The van der Waals surface area contributed by atoms with E-state index in [9.17, 15) is 9.18 Å². The number of pyridine rings is 1. The maximum Gasteiger partial charge on any atom is 0.152 e. The first kappa shape index (κ1) is 29.0. The monoisotopic (exact) mass is 558 g/mol. The summed E-state index contributed by atoms with van der Waals surface area (Å²) in [7, 11) is 4.62. The summed E-state index contributed by atoms with van der Waals surface area (Å²) in [4.78, 5) is 14.4. The Morgan fingerprint density at radius 2 is 1.66 bits per heavy atom. The van der Waals surface area contributed by atoms with Crippen LogP contribution in [0.15, 0.2) is 66.2 Å². The molecule has 0 fully saturated rings. The molecule has 1 aromatic heterocycles. The van der Waals surface area contributed by atoms with Crippen LogP contribution in [0.5, 0.6) is 17.2 Å². The Morgan fingerprint density at radius 3 is 2.18 bits per heavy atom. The van der Waals surface area contributed by atoms with Crippen molar-refractivity contribution in [2.24, 2.45) is 0 Å². The zero-order valence-electron chi connectivity index (χ0n) is 21.9. The lowest BCUT2D eigenvalue weighted by molar-refractivity contribution is -0.112. The Kier molecular flexibility index (Phi) is 9.78. The molecule has 1 aliphatic rings. The number of methoxy groups -OCH3 is 3. The Bertz CT molecular complexity index is 1420. The topological polar surface area (TPSA) is 69.7 Å². The highest BCUT2D eigenvalue weighted by Crippen LogP contribution is 2.47. The van der Waals surface area contributed by atoms with Crippen molar-refractivity contribution in [2.75, 3.05) is 26.6 Å². The minimum absolute atomic E-state index is 0.0185. The summed E-state index contributed by atoms with van der Waals surface area (Å²) in [6, 6.07) is 9.03. The number of ketones is 1. The van der Waals surface area contributed by atoms with Gasteiger partial charge in [-0.1, -0.05) is 35.9 Å². The lowest BCUT2D eigenvalue weighted by Gasteiger charge is -2.18. The van der Waals surface area contributed by atoms with Gasteiger partial charge in [-0.2, -0.15) is 0 Å². The SMILES string of the molecule is C=CC(C)=O.COc1cc(OC)c(Cl)c(-c2cc(OC)c3nc(NC4=C(F)CCC=C4C)ccc3c2)c1Cl. The van der Waals surface area contributed by atoms with Crippen LogP contribution in [0.4, 0.5) is 10.2 Å². The number of nitrogens with one attached hydrogen (secondary N) is 1. The van der Waals surface area contributed by atoms with Crippen molar-refractivity contribution in [3.63, 3.8) is 0 Å². The normalized spacial score (nSPS) is 12.8. The van der Waals surface area contributed by atoms with E-state index < -0.39 is 0 Å². The lowest BCUT2D eigenvalue weighted by Crippen LogP contribution is -2.08. The molecule has 0 radical (unpaired) electrons. The second kappa shape index (κ2) is 12.8. The Morgan fingerprint density at radius 1 is 1.05 bits per heavy atom.